The van der Waals surface area contributed by atoms with Crippen LogP contribution in [0.15, 0.2) is 24.6 Å². The standard InChI is InChI=1S/C11H18N2O/c1-2-3-4-7-11(10-14)13-9-6-5-8-12-13/h5-6,8-12H,2-4,7H2,1H3. The van der Waals surface area contributed by atoms with Crippen LogP contribution in [0.1, 0.15) is 32.6 Å². The molecule has 3 heteroatoms. The maximum atomic E-state index is 10.9. The molecule has 0 saturated heterocycles. The van der Waals surface area contributed by atoms with E-state index < -0.39 is 0 Å². The van der Waals surface area contributed by atoms with Crippen LogP contribution in [0.3, 0.4) is 0 Å². The molecule has 0 fully saturated rings. The number of allylic oxidation sites excluding steroid dienone is 2. The second kappa shape index (κ2) is 6.24. The molecule has 0 bridgehead atoms. The van der Waals surface area contributed by atoms with Crippen LogP contribution >= 0.6 is 0 Å². The molecule has 1 rings (SSSR count). The number of carbonyl (C=O) groups is 1. The minimum Gasteiger partial charge on any atom is -0.306 e. The van der Waals surface area contributed by atoms with Gasteiger partial charge in [-0.1, -0.05) is 26.2 Å². The zero-order valence-electron chi connectivity index (χ0n) is 8.65. The Morgan fingerprint density at radius 3 is 2.86 bits per heavy atom. The first-order valence-corrected chi connectivity index (χ1v) is 5.21. The molecule has 0 amide bonds. The Morgan fingerprint density at radius 1 is 1.43 bits per heavy atom. The molecular formula is C11H18N2O. The van der Waals surface area contributed by atoms with Crippen molar-refractivity contribution < 1.29 is 4.79 Å². The van der Waals surface area contributed by atoms with Crippen molar-refractivity contribution in [1.82, 2.24) is 10.4 Å². The number of hydrogen-bond donors (Lipinski definition) is 1. The molecule has 1 unspecified atom stereocenters. The molecule has 0 aliphatic carbocycles. The van der Waals surface area contributed by atoms with Crippen molar-refractivity contribution in [3.05, 3.63) is 24.6 Å². The monoisotopic (exact) mass is 194 g/mol. The van der Waals surface area contributed by atoms with Crippen LogP contribution in [0.5, 0.6) is 0 Å². The van der Waals surface area contributed by atoms with Crippen molar-refractivity contribution in [2.75, 3.05) is 0 Å². The van der Waals surface area contributed by atoms with Crippen molar-refractivity contribution in [3.8, 4) is 0 Å². The quantitative estimate of drug-likeness (QED) is 0.518. The number of nitrogens with zero attached hydrogens (tertiary/aromatic N) is 1. The van der Waals surface area contributed by atoms with Crippen LogP contribution in [0.25, 0.3) is 0 Å². The number of hydrogen-bond acceptors (Lipinski definition) is 3. The molecule has 1 atom stereocenters. The van der Waals surface area contributed by atoms with E-state index in [0.717, 1.165) is 19.1 Å². The molecule has 3 nitrogen and oxygen atoms in total. The van der Waals surface area contributed by atoms with Gasteiger partial charge in [0.1, 0.15) is 12.3 Å². The van der Waals surface area contributed by atoms with Crippen LogP contribution in [-0.2, 0) is 4.79 Å². The first-order chi connectivity index (χ1) is 6.88. The van der Waals surface area contributed by atoms with Gasteiger partial charge in [-0.05, 0) is 18.6 Å². The summed E-state index contributed by atoms with van der Waals surface area (Å²) < 4.78 is 0. The van der Waals surface area contributed by atoms with Crippen LogP contribution in [0.2, 0.25) is 0 Å². The Kier molecular flexibility index (Phi) is 4.83. The minimum absolute atomic E-state index is 0.0391. The predicted molar refractivity (Wildman–Crippen MR) is 57.2 cm³/mol. The number of rotatable bonds is 6. The average Bonchev–Trinajstić information content (AvgIpc) is 2.26. The third-order valence-corrected chi connectivity index (χ3v) is 2.30. The summed E-state index contributed by atoms with van der Waals surface area (Å²) in [7, 11) is 0. The van der Waals surface area contributed by atoms with Gasteiger partial charge < -0.3 is 10.2 Å². The van der Waals surface area contributed by atoms with Gasteiger partial charge in [0.05, 0.1) is 0 Å². The topological polar surface area (TPSA) is 32.3 Å². The lowest BCUT2D eigenvalue weighted by molar-refractivity contribution is -0.112. The van der Waals surface area contributed by atoms with Crippen LogP contribution in [0.4, 0.5) is 0 Å². The Labute approximate surface area is 85.4 Å². The lowest BCUT2D eigenvalue weighted by Gasteiger charge is -2.27. The molecule has 0 radical (unpaired) electrons. The molecule has 1 aliphatic rings. The first-order valence-electron chi connectivity index (χ1n) is 5.21. The van der Waals surface area contributed by atoms with E-state index in [9.17, 15) is 4.79 Å². The number of unbranched alkanes of at least 4 members (excludes halogenated alkanes) is 2. The molecule has 0 saturated carbocycles. The second-order valence-electron chi connectivity index (χ2n) is 3.44. The van der Waals surface area contributed by atoms with Crippen molar-refractivity contribution in [2.24, 2.45) is 0 Å². The predicted octanol–water partition coefficient (Wildman–Crippen LogP) is 1.98. The van der Waals surface area contributed by atoms with Crippen molar-refractivity contribution in [1.29, 1.82) is 0 Å². The molecule has 1 aliphatic heterocycles. The Morgan fingerprint density at radius 2 is 2.29 bits per heavy atom. The lowest BCUT2D eigenvalue weighted by Crippen LogP contribution is -2.40. The summed E-state index contributed by atoms with van der Waals surface area (Å²) >= 11 is 0. The first kappa shape index (κ1) is 10.8. The fraction of sp³-hybridized carbons (Fsp3) is 0.545. The van der Waals surface area contributed by atoms with E-state index in [4.69, 9.17) is 0 Å². The SMILES string of the molecule is CCCCCC(C=O)N1C=CC=CN1. The molecule has 78 valence electrons. The van der Waals surface area contributed by atoms with Gasteiger partial charge in [0, 0.05) is 12.4 Å². The minimum atomic E-state index is -0.0391. The normalized spacial score (nSPS) is 16.5. The highest BCUT2D eigenvalue weighted by Gasteiger charge is 2.13. The third-order valence-electron chi connectivity index (χ3n) is 2.30. The zero-order chi connectivity index (χ0) is 10.2. The summed E-state index contributed by atoms with van der Waals surface area (Å²) in [6.07, 6.45) is 13.0. The Balaban J connectivity index is 2.33. The summed E-state index contributed by atoms with van der Waals surface area (Å²) in [5.74, 6) is 0. The third kappa shape index (κ3) is 3.24. The molecule has 1 N–H and O–H groups in total. The van der Waals surface area contributed by atoms with Crippen LogP contribution in [0, 0.1) is 0 Å². The van der Waals surface area contributed by atoms with Gasteiger partial charge in [0.15, 0.2) is 0 Å². The summed E-state index contributed by atoms with van der Waals surface area (Å²) in [4.78, 5) is 10.9. The molecule has 0 aromatic rings. The molecule has 14 heavy (non-hydrogen) atoms. The van der Waals surface area contributed by atoms with Crippen molar-refractivity contribution in [2.45, 2.75) is 38.6 Å². The van der Waals surface area contributed by atoms with Gasteiger partial charge in [-0.3, -0.25) is 5.01 Å². The van der Waals surface area contributed by atoms with Crippen molar-refractivity contribution >= 4 is 6.29 Å². The van der Waals surface area contributed by atoms with Gasteiger partial charge >= 0.3 is 0 Å². The fourth-order valence-electron chi connectivity index (χ4n) is 1.45. The maximum absolute atomic E-state index is 10.9. The largest absolute Gasteiger partial charge is 0.306 e. The highest BCUT2D eigenvalue weighted by molar-refractivity contribution is 5.57. The van der Waals surface area contributed by atoms with E-state index in [1.165, 1.54) is 12.8 Å². The average molecular weight is 194 g/mol. The molecule has 1 heterocycles. The van der Waals surface area contributed by atoms with Gasteiger partial charge in [-0.2, -0.15) is 0 Å². The second-order valence-corrected chi connectivity index (χ2v) is 3.44. The summed E-state index contributed by atoms with van der Waals surface area (Å²) in [5, 5.41) is 1.85. The molecule has 0 aromatic heterocycles. The van der Waals surface area contributed by atoms with Gasteiger partial charge in [0.2, 0.25) is 0 Å². The smallest absolute Gasteiger partial charge is 0.144 e. The van der Waals surface area contributed by atoms with Crippen molar-refractivity contribution in [3.63, 3.8) is 0 Å². The van der Waals surface area contributed by atoms with E-state index in [0.29, 0.717) is 0 Å². The highest BCUT2D eigenvalue weighted by Crippen LogP contribution is 2.08. The summed E-state index contributed by atoms with van der Waals surface area (Å²) in [6, 6.07) is -0.0391. The van der Waals surface area contributed by atoms with E-state index >= 15 is 0 Å². The maximum Gasteiger partial charge on any atom is 0.144 e. The van der Waals surface area contributed by atoms with Gasteiger partial charge in [-0.25, -0.2) is 0 Å². The summed E-state index contributed by atoms with van der Waals surface area (Å²) in [6.45, 7) is 2.16. The molecule has 0 aromatic carbocycles. The molecular weight excluding hydrogens is 176 g/mol. The fourth-order valence-corrected chi connectivity index (χ4v) is 1.45. The zero-order valence-corrected chi connectivity index (χ0v) is 8.65. The van der Waals surface area contributed by atoms with E-state index in [1.54, 1.807) is 0 Å². The highest BCUT2D eigenvalue weighted by atomic mass is 16.1. The van der Waals surface area contributed by atoms with E-state index in [2.05, 4.69) is 12.3 Å². The lowest BCUT2D eigenvalue weighted by atomic mass is 10.1. The van der Waals surface area contributed by atoms with E-state index in [-0.39, 0.29) is 6.04 Å². The van der Waals surface area contributed by atoms with E-state index in [1.807, 2.05) is 29.6 Å². The summed E-state index contributed by atoms with van der Waals surface area (Å²) in [5.41, 5.74) is 3.03. The van der Waals surface area contributed by atoms with Crippen LogP contribution < -0.4 is 5.43 Å². The molecule has 0 spiro atoms. The number of hydrazine groups is 1. The van der Waals surface area contributed by atoms with Gasteiger partial charge in [0.25, 0.3) is 0 Å². The van der Waals surface area contributed by atoms with Gasteiger partial charge in [-0.15, -0.1) is 0 Å². The Hall–Kier alpha value is -1.25. The number of carbonyl (C=O) groups excluding carboxylic acids is 1. The van der Waals surface area contributed by atoms with Crippen LogP contribution in [-0.4, -0.2) is 17.3 Å². The number of aldehydes is 1. The number of nitrogens with one attached hydrogen (secondary N) is 1. The Bertz CT molecular complexity index is 223.